The fourth-order valence-corrected chi connectivity index (χ4v) is 0.639. The highest BCUT2D eigenvalue weighted by Crippen LogP contribution is 2.12. The van der Waals surface area contributed by atoms with Gasteiger partial charge in [-0.25, -0.2) is 4.79 Å². The van der Waals surface area contributed by atoms with Crippen molar-refractivity contribution >= 4 is 23.5 Å². The van der Waals surface area contributed by atoms with Crippen molar-refractivity contribution in [2.24, 2.45) is 0 Å². The maximum absolute atomic E-state index is 10.2. The fourth-order valence-electron chi connectivity index (χ4n) is 0.430. The Morgan fingerprint density at radius 1 is 1.36 bits per heavy atom. The summed E-state index contributed by atoms with van der Waals surface area (Å²) in [5.41, 5.74) is -2.35. The largest absolute Gasteiger partial charge is 0.481 e. The summed E-state index contributed by atoms with van der Waals surface area (Å²) in [6, 6.07) is 0. The minimum Gasteiger partial charge on any atom is -0.481 e. The zero-order chi connectivity index (χ0) is 9.07. The van der Waals surface area contributed by atoms with Crippen LogP contribution in [0.4, 0.5) is 0 Å². The number of carboxylic acids is 2. The summed E-state index contributed by atoms with van der Waals surface area (Å²) in [6.45, 7) is 0. The van der Waals surface area contributed by atoms with E-state index in [0.29, 0.717) is 0 Å². The van der Waals surface area contributed by atoms with Crippen molar-refractivity contribution in [3.05, 3.63) is 0 Å². The molecule has 0 bridgehead atoms. The molecule has 0 aliphatic rings. The van der Waals surface area contributed by atoms with Gasteiger partial charge >= 0.3 is 11.9 Å². The van der Waals surface area contributed by atoms with Gasteiger partial charge in [-0.1, -0.05) is 0 Å². The van der Waals surface area contributed by atoms with Crippen LogP contribution < -0.4 is 0 Å². The molecular formula is C5H7ClO5. The van der Waals surface area contributed by atoms with Crippen LogP contribution >= 0.6 is 11.6 Å². The molecule has 0 saturated carbocycles. The summed E-state index contributed by atoms with van der Waals surface area (Å²) in [5, 5.41) is 25.4. The van der Waals surface area contributed by atoms with Crippen molar-refractivity contribution in [2.75, 3.05) is 5.88 Å². The molecule has 1 atom stereocenters. The minimum absolute atomic E-state index is 0.644. The zero-order valence-electron chi connectivity index (χ0n) is 5.45. The first-order chi connectivity index (χ1) is 4.92. The fraction of sp³-hybridized carbons (Fsp3) is 0.600. The third-order valence-electron chi connectivity index (χ3n) is 1.06. The van der Waals surface area contributed by atoms with Crippen molar-refractivity contribution in [2.45, 2.75) is 12.0 Å². The first-order valence-corrected chi connectivity index (χ1v) is 3.19. The molecule has 0 amide bonds. The number of aliphatic carboxylic acids is 2. The molecule has 0 rings (SSSR count). The average molecular weight is 183 g/mol. The van der Waals surface area contributed by atoms with Gasteiger partial charge in [0, 0.05) is 0 Å². The van der Waals surface area contributed by atoms with Gasteiger partial charge in [0.05, 0.1) is 12.3 Å². The molecule has 11 heavy (non-hydrogen) atoms. The van der Waals surface area contributed by atoms with E-state index in [2.05, 4.69) is 0 Å². The van der Waals surface area contributed by atoms with Gasteiger partial charge in [-0.3, -0.25) is 4.79 Å². The lowest BCUT2D eigenvalue weighted by molar-refractivity contribution is -0.162. The van der Waals surface area contributed by atoms with Crippen molar-refractivity contribution in [3.63, 3.8) is 0 Å². The quantitative estimate of drug-likeness (QED) is 0.511. The van der Waals surface area contributed by atoms with Crippen molar-refractivity contribution in [3.8, 4) is 0 Å². The Bertz CT molecular complexity index is 180. The Hall–Kier alpha value is -0.810. The van der Waals surface area contributed by atoms with Crippen LogP contribution in [0.1, 0.15) is 6.42 Å². The summed E-state index contributed by atoms with van der Waals surface area (Å²) in [7, 11) is 0. The van der Waals surface area contributed by atoms with Gasteiger partial charge < -0.3 is 15.3 Å². The lowest BCUT2D eigenvalue weighted by Gasteiger charge is -2.16. The van der Waals surface area contributed by atoms with Crippen LogP contribution in [0.5, 0.6) is 0 Å². The second kappa shape index (κ2) is 3.54. The summed E-state index contributed by atoms with van der Waals surface area (Å²) in [6.07, 6.45) is -0.897. The number of hydrogen-bond donors (Lipinski definition) is 3. The van der Waals surface area contributed by atoms with E-state index < -0.39 is 29.8 Å². The first-order valence-electron chi connectivity index (χ1n) is 2.66. The third kappa shape index (κ3) is 2.73. The number of halogens is 1. The van der Waals surface area contributed by atoms with Gasteiger partial charge in [-0.05, 0) is 0 Å². The minimum atomic E-state index is -2.35. The molecule has 0 aromatic heterocycles. The predicted octanol–water partition coefficient (Wildman–Crippen LogP) is -0.484. The van der Waals surface area contributed by atoms with Crippen LogP contribution in [0.3, 0.4) is 0 Å². The Balaban J connectivity index is 4.34. The van der Waals surface area contributed by atoms with Crippen molar-refractivity contribution < 1.29 is 24.9 Å². The smallest absolute Gasteiger partial charge is 0.337 e. The Labute approximate surface area is 67.2 Å². The average Bonchev–Trinajstić information content (AvgIpc) is 1.86. The van der Waals surface area contributed by atoms with Crippen LogP contribution in [0.15, 0.2) is 0 Å². The van der Waals surface area contributed by atoms with Crippen LogP contribution in [-0.2, 0) is 9.59 Å². The Morgan fingerprint density at radius 3 is 1.91 bits per heavy atom. The van der Waals surface area contributed by atoms with Crippen LogP contribution in [0.25, 0.3) is 0 Å². The third-order valence-corrected chi connectivity index (χ3v) is 1.50. The molecule has 5 nitrogen and oxygen atoms in total. The number of aliphatic hydroxyl groups is 1. The molecule has 6 heteroatoms. The molecule has 0 aliphatic heterocycles. The second-order valence-electron chi connectivity index (χ2n) is 2.04. The van der Waals surface area contributed by atoms with Gasteiger partial charge in [0.2, 0.25) is 0 Å². The van der Waals surface area contributed by atoms with E-state index in [1.165, 1.54) is 0 Å². The van der Waals surface area contributed by atoms with E-state index in [9.17, 15) is 9.59 Å². The molecule has 0 unspecified atom stereocenters. The Kier molecular flexibility index (Phi) is 3.28. The first kappa shape index (κ1) is 10.2. The molecule has 0 aromatic rings. The van der Waals surface area contributed by atoms with E-state index in [4.69, 9.17) is 26.9 Å². The van der Waals surface area contributed by atoms with E-state index in [-0.39, 0.29) is 0 Å². The molecule has 64 valence electrons. The van der Waals surface area contributed by atoms with Gasteiger partial charge in [-0.15, -0.1) is 11.6 Å². The monoisotopic (exact) mass is 182 g/mol. The maximum Gasteiger partial charge on any atom is 0.337 e. The highest BCUT2D eigenvalue weighted by Gasteiger charge is 2.37. The summed E-state index contributed by atoms with van der Waals surface area (Å²) >= 11 is 5.05. The number of rotatable bonds is 4. The lowest BCUT2D eigenvalue weighted by Crippen LogP contribution is -2.42. The van der Waals surface area contributed by atoms with Crippen molar-refractivity contribution in [1.82, 2.24) is 0 Å². The standard InChI is InChI=1S/C5H7ClO5/c6-2-5(11,4(9)10)1-3(7)8/h11H,1-2H2,(H,7,8)(H,9,10)/t5-/m0/s1. The van der Waals surface area contributed by atoms with Gasteiger partial charge in [0.25, 0.3) is 0 Å². The van der Waals surface area contributed by atoms with Gasteiger partial charge in [-0.2, -0.15) is 0 Å². The SMILES string of the molecule is O=C(O)C[C@](O)(CCl)C(=O)O. The lowest BCUT2D eigenvalue weighted by atomic mass is 10.0. The summed E-state index contributed by atoms with van der Waals surface area (Å²) in [5.74, 6) is -3.68. The molecule has 0 spiro atoms. The number of carboxylic acid groups (broad SMARTS) is 2. The van der Waals surface area contributed by atoms with E-state index in [0.717, 1.165) is 0 Å². The molecular weight excluding hydrogens is 176 g/mol. The topological polar surface area (TPSA) is 94.8 Å². The predicted molar refractivity (Wildman–Crippen MR) is 35.6 cm³/mol. The van der Waals surface area contributed by atoms with Crippen LogP contribution in [0.2, 0.25) is 0 Å². The van der Waals surface area contributed by atoms with Gasteiger partial charge in [0.1, 0.15) is 0 Å². The molecule has 0 aromatic carbocycles. The Morgan fingerprint density at radius 2 is 1.82 bits per heavy atom. The molecule has 3 N–H and O–H groups in total. The number of alkyl halides is 1. The van der Waals surface area contributed by atoms with Crippen molar-refractivity contribution in [1.29, 1.82) is 0 Å². The molecule has 0 radical (unpaired) electrons. The number of hydrogen-bond acceptors (Lipinski definition) is 3. The second-order valence-corrected chi connectivity index (χ2v) is 2.31. The molecule has 0 heterocycles. The molecule has 0 aliphatic carbocycles. The van der Waals surface area contributed by atoms with Gasteiger partial charge in [0.15, 0.2) is 5.60 Å². The summed E-state index contributed by atoms with van der Waals surface area (Å²) < 4.78 is 0. The molecule has 0 saturated heterocycles. The van der Waals surface area contributed by atoms with E-state index in [1.807, 2.05) is 0 Å². The van der Waals surface area contributed by atoms with Crippen LogP contribution in [0, 0.1) is 0 Å². The van der Waals surface area contributed by atoms with E-state index >= 15 is 0 Å². The highest BCUT2D eigenvalue weighted by atomic mass is 35.5. The highest BCUT2D eigenvalue weighted by molar-refractivity contribution is 6.20. The maximum atomic E-state index is 10.2. The van der Waals surface area contributed by atoms with E-state index in [1.54, 1.807) is 0 Å². The normalized spacial score (nSPS) is 15.5. The van der Waals surface area contributed by atoms with Crippen LogP contribution in [-0.4, -0.2) is 38.7 Å². The number of carbonyl (C=O) groups is 2. The zero-order valence-corrected chi connectivity index (χ0v) is 6.21. The molecule has 0 fully saturated rings. The summed E-state index contributed by atoms with van der Waals surface area (Å²) in [4.78, 5) is 20.2.